The molecule has 0 bridgehead atoms. The SMILES string of the molecule is CN=C(NCCc1ccc(OC2CCCC2)cc1)NCCC(F)(F)F.I. The summed E-state index contributed by atoms with van der Waals surface area (Å²) in [5.41, 5.74) is 1.14. The summed E-state index contributed by atoms with van der Waals surface area (Å²) < 4.78 is 42.3. The molecule has 1 aromatic rings. The van der Waals surface area contributed by atoms with Gasteiger partial charge in [0.2, 0.25) is 0 Å². The van der Waals surface area contributed by atoms with Crippen LogP contribution in [0.25, 0.3) is 0 Å². The lowest BCUT2D eigenvalue weighted by Gasteiger charge is -2.14. The highest BCUT2D eigenvalue weighted by Gasteiger charge is 2.26. The zero-order chi connectivity index (χ0) is 18.1. The monoisotopic (exact) mass is 485 g/mol. The van der Waals surface area contributed by atoms with E-state index in [0.717, 1.165) is 30.6 Å². The summed E-state index contributed by atoms with van der Waals surface area (Å²) in [5.74, 6) is 1.28. The van der Waals surface area contributed by atoms with Crippen molar-refractivity contribution in [3.05, 3.63) is 29.8 Å². The van der Waals surface area contributed by atoms with Gasteiger partial charge in [0.15, 0.2) is 5.96 Å². The fraction of sp³-hybridized carbons (Fsp3) is 0.611. The minimum absolute atomic E-state index is 0. The Morgan fingerprint density at radius 2 is 1.73 bits per heavy atom. The molecule has 148 valence electrons. The third-order valence-corrected chi connectivity index (χ3v) is 4.16. The fourth-order valence-corrected chi connectivity index (χ4v) is 2.80. The summed E-state index contributed by atoms with van der Waals surface area (Å²) in [6.07, 6.45) is 0.810. The first-order chi connectivity index (χ1) is 12.0. The van der Waals surface area contributed by atoms with Crippen LogP contribution in [0.15, 0.2) is 29.3 Å². The lowest BCUT2D eigenvalue weighted by Crippen LogP contribution is -2.39. The first-order valence-corrected chi connectivity index (χ1v) is 8.73. The Labute approximate surface area is 170 Å². The maximum Gasteiger partial charge on any atom is 0.390 e. The Bertz CT molecular complexity index is 544. The number of alkyl halides is 3. The van der Waals surface area contributed by atoms with Gasteiger partial charge in [-0.05, 0) is 49.8 Å². The van der Waals surface area contributed by atoms with Crippen LogP contribution in [0, 0.1) is 0 Å². The van der Waals surface area contributed by atoms with Crippen molar-refractivity contribution in [1.29, 1.82) is 0 Å². The zero-order valence-electron chi connectivity index (χ0n) is 14.9. The molecule has 1 aliphatic carbocycles. The highest BCUT2D eigenvalue weighted by atomic mass is 127. The summed E-state index contributed by atoms with van der Waals surface area (Å²) in [4.78, 5) is 3.92. The summed E-state index contributed by atoms with van der Waals surface area (Å²) in [5, 5.41) is 5.68. The second kappa shape index (κ2) is 11.5. The molecule has 26 heavy (non-hydrogen) atoms. The van der Waals surface area contributed by atoms with Crippen molar-refractivity contribution in [1.82, 2.24) is 10.6 Å². The molecular formula is C18H27F3IN3O. The minimum atomic E-state index is -4.16. The van der Waals surface area contributed by atoms with Gasteiger partial charge < -0.3 is 15.4 Å². The molecule has 0 heterocycles. The molecule has 1 saturated carbocycles. The second-order valence-corrected chi connectivity index (χ2v) is 6.21. The lowest BCUT2D eigenvalue weighted by molar-refractivity contribution is -0.132. The van der Waals surface area contributed by atoms with E-state index in [4.69, 9.17) is 4.74 Å². The number of hydrogen-bond donors (Lipinski definition) is 2. The molecule has 0 saturated heterocycles. The third kappa shape index (κ3) is 8.95. The van der Waals surface area contributed by atoms with E-state index in [1.54, 1.807) is 0 Å². The van der Waals surface area contributed by atoms with Gasteiger partial charge in [0.1, 0.15) is 5.75 Å². The minimum Gasteiger partial charge on any atom is -0.490 e. The average molecular weight is 485 g/mol. The lowest BCUT2D eigenvalue weighted by atomic mass is 10.1. The second-order valence-electron chi connectivity index (χ2n) is 6.21. The molecule has 1 aliphatic rings. The molecule has 0 atom stereocenters. The van der Waals surface area contributed by atoms with Crippen molar-refractivity contribution in [3.8, 4) is 5.75 Å². The first-order valence-electron chi connectivity index (χ1n) is 8.73. The topological polar surface area (TPSA) is 45.7 Å². The maximum absolute atomic E-state index is 12.1. The summed E-state index contributed by atoms with van der Waals surface area (Å²) in [7, 11) is 1.54. The fourth-order valence-electron chi connectivity index (χ4n) is 2.80. The molecule has 1 fully saturated rings. The normalized spacial score (nSPS) is 15.5. The van der Waals surface area contributed by atoms with Gasteiger partial charge in [-0.3, -0.25) is 4.99 Å². The Morgan fingerprint density at radius 1 is 1.12 bits per heavy atom. The summed E-state index contributed by atoms with van der Waals surface area (Å²) in [6.45, 7) is 0.408. The van der Waals surface area contributed by atoms with Crippen LogP contribution >= 0.6 is 24.0 Å². The predicted octanol–water partition coefficient (Wildman–Crippen LogP) is 4.29. The molecule has 0 amide bonds. The van der Waals surface area contributed by atoms with Crippen molar-refractivity contribution in [2.75, 3.05) is 20.1 Å². The molecule has 0 spiro atoms. The van der Waals surface area contributed by atoms with Gasteiger partial charge in [0.25, 0.3) is 0 Å². The maximum atomic E-state index is 12.1. The molecule has 0 unspecified atom stereocenters. The van der Waals surface area contributed by atoms with Crippen LogP contribution in [-0.4, -0.2) is 38.4 Å². The quantitative estimate of drug-likeness (QED) is 0.344. The number of nitrogens with one attached hydrogen (secondary N) is 2. The van der Waals surface area contributed by atoms with E-state index in [-0.39, 0.29) is 30.5 Å². The molecule has 2 rings (SSSR count). The van der Waals surface area contributed by atoms with E-state index < -0.39 is 12.6 Å². The molecule has 8 heteroatoms. The van der Waals surface area contributed by atoms with E-state index in [1.807, 2.05) is 24.3 Å². The van der Waals surface area contributed by atoms with Crippen LogP contribution in [0.4, 0.5) is 13.2 Å². The standard InChI is InChI=1S/C18H26F3N3O.HI/c1-22-17(24-13-11-18(19,20)21)23-12-10-14-6-8-16(9-7-14)25-15-4-2-3-5-15;/h6-9,15H,2-5,10-13H2,1H3,(H2,22,23,24);1H. The number of aliphatic imine (C=N–C) groups is 1. The van der Waals surface area contributed by atoms with Crippen molar-refractivity contribution in [2.24, 2.45) is 4.99 Å². The number of benzene rings is 1. The number of hydrogen-bond acceptors (Lipinski definition) is 2. The predicted molar refractivity (Wildman–Crippen MR) is 108 cm³/mol. The highest BCUT2D eigenvalue weighted by Crippen LogP contribution is 2.24. The van der Waals surface area contributed by atoms with Gasteiger partial charge in [-0.1, -0.05) is 12.1 Å². The average Bonchev–Trinajstić information content (AvgIpc) is 3.07. The van der Waals surface area contributed by atoms with Crippen molar-refractivity contribution >= 4 is 29.9 Å². The van der Waals surface area contributed by atoms with Gasteiger partial charge in [0.05, 0.1) is 12.5 Å². The number of halogens is 4. The number of rotatable bonds is 7. The highest BCUT2D eigenvalue weighted by molar-refractivity contribution is 14.0. The van der Waals surface area contributed by atoms with Gasteiger partial charge in [-0.2, -0.15) is 13.2 Å². The number of ether oxygens (including phenoxy) is 1. The van der Waals surface area contributed by atoms with Crippen molar-refractivity contribution in [2.45, 2.75) is 50.8 Å². The Balaban J connectivity index is 0.00000338. The van der Waals surface area contributed by atoms with Gasteiger partial charge in [-0.15, -0.1) is 24.0 Å². The van der Waals surface area contributed by atoms with Crippen LogP contribution < -0.4 is 15.4 Å². The molecule has 0 aromatic heterocycles. The number of nitrogens with zero attached hydrogens (tertiary/aromatic N) is 1. The van der Waals surface area contributed by atoms with Crippen LogP contribution in [0.1, 0.15) is 37.7 Å². The first kappa shape index (κ1) is 22.9. The smallest absolute Gasteiger partial charge is 0.390 e. The van der Waals surface area contributed by atoms with E-state index in [9.17, 15) is 13.2 Å². The summed E-state index contributed by atoms with van der Waals surface area (Å²) in [6, 6.07) is 7.99. The molecule has 4 nitrogen and oxygen atoms in total. The van der Waals surface area contributed by atoms with E-state index in [1.165, 1.54) is 19.9 Å². The van der Waals surface area contributed by atoms with Gasteiger partial charge in [-0.25, -0.2) is 0 Å². The Hall–Kier alpha value is -1.19. The Morgan fingerprint density at radius 3 is 2.31 bits per heavy atom. The van der Waals surface area contributed by atoms with E-state index in [0.29, 0.717) is 18.6 Å². The molecule has 2 N–H and O–H groups in total. The zero-order valence-corrected chi connectivity index (χ0v) is 17.3. The third-order valence-electron chi connectivity index (χ3n) is 4.16. The van der Waals surface area contributed by atoms with Crippen molar-refractivity contribution in [3.63, 3.8) is 0 Å². The van der Waals surface area contributed by atoms with Crippen LogP contribution in [0.2, 0.25) is 0 Å². The van der Waals surface area contributed by atoms with E-state index >= 15 is 0 Å². The molecule has 0 aliphatic heterocycles. The number of guanidine groups is 1. The molecule has 1 aromatic carbocycles. The van der Waals surface area contributed by atoms with Crippen molar-refractivity contribution < 1.29 is 17.9 Å². The molecule has 0 radical (unpaired) electrons. The van der Waals surface area contributed by atoms with Crippen LogP contribution in [0.3, 0.4) is 0 Å². The Kier molecular flexibility index (Phi) is 10.1. The van der Waals surface area contributed by atoms with Gasteiger partial charge >= 0.3 is 6.18 Å². The molecular weight excluding hydrogens is 458 g/mol. The van der Waals surface area contributed by atoms with Crippen LogP contribution in [0.5, 0.6) is 5.75 Å². The van der Waals surface area contributed by atoms with Crippen LogP contribution in [-0.2, 0) is 6.42 Å². The summed E-state index contributed by atoms with van der Waals surface area (Å²) >= 11 is 0. The van der Waals surface area contributed by atoms with Gasteiger partial charge in [0, 0.05) is 20.1 Å². The largest absolute Gasteiger partial charge is 0.490 e. The van der Waals surface area contributed by atoms with E-state index in [2.05, 4.69) is 15.6 Å².